The highest BCUT2D eigenvalue weighted by molar-refractivity contribution is 5.97. The van der Waals surface area contributed by atoms with E-state index in [9.17, 15) is 4.79 Å². The standard InChI is InChI=1S/C16H22N4O/c1-4-17-14-10-11(2)9-13(12(14)3)16(21)20-6-5-15-18-7-8-19-15/h7-10,17H,4-6H2,1-3H3,(H,18,19)(H,20,21). The lowest BCUT2D eigenvalue weighted by molar-refractivity contribution is 0.0953. The van der Waals surface area contributed by atoms with Crippen LogP contribution in [0.3, 0.4) is 0 Å². The lowest BCUT2D eigenvalue weighted by atomic mass is 10.0. The number of aromatic nitrogens is 2. The van der Waals surface area contributed by atoms with Crippen LogP contribution in [-0.2, 0) is 6.42 Å². The first-order valence-electron chi connectivity index (χ1n) is 7.23. The second-order valence-corrected chi connectivity index (χ2v) is 5.06. The number of nitrogens with one attached hydrogen (secondary N) is 3. The van der Waals surface area contributed by atoms with E-state index in [4.69, 9.17) is 0 Å². The number of aryl methyl sites for hydroxylation is 1. The monoisotopic (exact) mass is 286 g/mol. The number of hydrogen-bond acceptors (Lipinski definition) is 3. The van der Waals surface area contributed by atoms with Crippen molar-refractivity contribution in [3.05, 3.63) is 47.0 Å². The van der Waals surface area contributed by atoms with E-state index >= 15 is 0 Å². The first kappa shape index (κ1) is 15.1. The minimum Gasteiger partial charge on any atom is -0.385 e. The number of nitrogens with zero attached hydrogens (tertiary/aromatic N) is 1. The van der Waals surface area contributed by atoms with Crippen LogP contribution >= 0.6 is 0 Å². The number of H-pyrrole nitrogens is 1. The Morgan fingerprint density at radius 1 is 1.33 bits per heavy atom. The fraction of sp³-hybridized carbons (Fsp3) is 0.375. The molecule has 3 N–H and O–H groups in total. The molecule has 0 radical (unpaired) electrons. The number of rotatable bonds is 6. The van der Waals surface area contributed by atoms with E-state index in [0.717, 1.165) is 34.7 Å². The van der Waals surface area contributed by atoms with Gasteiger partial charge < -0.3 is 15.6 Å². The van der Waals surface area contributed by atoms with E-state index in [1.54, 1.807) is 12.4 Å². The molecule has 1 aromatic heterocycles. The van der Waals surface area contributed by atoms with Gasteiger partial charge >= 0.3 is 0 Å². The van der Waals surface area contributed by atoms with E-state index in [1.807, 2.05) is 26.8 Å². The van der Waals surface area contributed by atoms with Crippen molar-refractivity contribution in [3.8, 4) is 0 Å². The largest absolute Gasteiger partial charge is 0.385 e. The van der Waals surface area contributed by atoms with Crippen molar-refractivity contribution in [2.45, 2.75) is 27.2 Å². The van der Waals surface area contributed by atoms with Crippen molar-refractivity contribution in [2.24, 2.45) is 0 Å². The summed E-state index contributed by atoms with van der Waals surface area (Å²) in [7, 11) is 0. The smallest absolute Gasteiger partial charge is 0.251 e. The summed E-state index contributed by atoms with van der Waals surface area (Å²) in [4.78, 5) is 19.5. The van der Waals surface area contributed by atoms with Crippen molar-refractivity contribution >= 4 is 11.6 Å². The van der Waals surface area contributed by atoms with Gasteiger partial charge in [-0.3, -0.25) is 4.79 Å². The molecule has 21 heavy (non-hydrogen) atoms. The Morgan fingerprint density at radius 2 is 2.14 bits per heavy atom. The number of amides is 1. The van der Waals surface area contributed by atoms with Crippen LogP contribution in [0.25, 0.3) is 0 Å². The summed E-state index contributed by atoms with van der Waals surface area (Å²) in [5, 5.41) is 6.24. The fourth-order valence-electron chi connectivity index (χ4n) is 2.29. The van der Waals surface area contributed by atoms with Gasteiger partial charge in [-0.2, -0.15) is 0 Å². The molecule has 5 heteroatoms. The zero-order valence-electron chi connectivity index (χ0n) is 12.8. The average Bonchev–Trinajstić information content (AvgIpc) is 2.96. The average molecular weight is 286 g/mol. The molecule has 0 unspecified atom stereocenters. The number of carbonyl (C=O) groups is 1. The highest BCUT2D eigenvalue weighted by Crippen LogP contribution is 2.21. The Morgan fingerprint density at radius 3 is 2.81 bits per heavy atom. The van der Waals surface area contributed by atoms with Gasteiger partial charge in [0.25, 0.3) is 5.91 Å². The second kappa shape index (κ2) is 6.92. The number of aromatic amines is 1. The fourth-order valence-corrected chi connectivity index (χ4v) is 2.29. The molecule has 0 aliphatic rings. The van der Waals surface area contributed by atoms with Crippen LogP contribution in [0.15, 0.2) is 24.5 Å². The summed E-state index contributed by atoms with van der Waals surface area (Å²) in [6.45, 7) is 7.42. The number of benzene rings is 1. The minimum atomic E-state index is -0.0399. The Balaban J connectivity index is 2.04. The van der Waals surface area contributed by atoms with E-state index in [-0.39, 0.29) is 5.91 Å². The van der Waals surface area contributed by atoms with Gasteiger partial charge in [-0.05, 0) is 44.0 Å². The highest BCUT2D eigenvalue weighted by Gasteiger charge is 2.12. The molecule has 0 bridgehead atoms. The van der Waals surface area contributed by atoms with Crippen LogP contribution in [-0.4, -0.2) is 29.0 Å². The molecule has 1 aromatic carbocycles. The van der Waals surface area contributed by atoms with Crippen LogP contribution in [0.5, 0.6) is 0 Å². The van der Waals surface area contributed by atoms with Gasteiger partial charge in [0.1, 0.15) is 5.82 Å². The molecule has 0 spiro atoms. The maximum Gasteiger partial charge on any atom is 0.251 e. The van der Waals surface area contributed by atoms with Gasteiger partial charge in [-0.15, -0.1) is 0 Å². The molecular weight excluding hydrogens is 264 g/mol. The number of imidazole rings is 1. The molecular formula is C16H22N4O. The maximum atomic E-state index is 12.3. The SMILES string of the molecule is CCNc1cc(C)cc(C(=O)NCCc2ncc[nH]2)c1C. The van der Waals surface area contributed by atoms with Crippen LogP contribution < -0.4 is 10.6 Å². The zero-order valence-corrected chi connectivity index (χ0v) is 12.8. The van der Waals surface area contributed by atoms with Gasteiger partial charge in [0, 0.05) is 43.2 Å². The first-order chi connectivity index (χ1) is 10.1. The Hall–Kier alpha value is -2.30. The molecule has 0 aliphatic heterocycles. The van der Waals surface area contributed by atoms with Gasteiger partial charge in [-0.1, -0.05) is 0 Å². The van der Waals surface area contributed by atoms with Crippen LogP contribution in [0.4, 0.5) is 5.69 Å². The Kier molecular flexibility index (Phi) is 4.98. The lowest BCUT2D eigenvalue weighted by Gasteiger charge is -2.14. The van der Waals surface area contributed by atoms with Crippen LogP contribution in [0, 0.1) is 13.8 Å². The van der Waals surface area contributed by atoms with Crippen molar-refractivity contribution in [2.75, 3.05) is 18.4 Å². The van der Waals surface area contributed by atoms with Crippen LogP contribution in [0.2, 0.25) is 0 Å². The van der Waals surface area contributed by atoms with Crippen molar-refractivity contribution in [3.63, 3.8) is 0 Å². The quantitative estimate of drug-likeness (QED) is 0.764. The maximum absolute atomic E-state index is 12.3. The zero-order chi connectivity index (χ0) is 15.2. The lowest BCUT2D eigenvalue weighted by Crippen LogP contribution is -2.27. The molecule has 0 aliphatic carbocycles. The Labute approximate surface area is 125 Å². The van der Waals surface area contributed by atoms with E-state index in [1.165, 1.54) is 0 Å². The number of hydrogen-bond donors (Lipinski definition) is 3. The summed E-state index contributed by atoms with van der Waals surface area (Å²) in [6.07, 6.45) is 4.19. The van der Waals surface area contributed by atoms with E-state index in [0.29, 0.717) is 13.0 Å². The molecule has 0 saturated heterocycles. The van der Waals surface area contributed by atoms with Gasteiger partial charge in [0.15, 0.2) is 0 Å². The van der Waals surface area contributed by atoms with Gasteiger partial charge in [0.2, 0.25) is 0 Å². The Bertz CT molecular complexity index is 605. The first-order valence-corrected chi connectivity index (χ1v) is 7.23. The summed E-state index contributed by atoms with van der Waals surface area (Å²) < 4.78 is 0. The predicted molar refractivity (Wildman–Crippen MR) is 84.7 cm³/mol. The molecule has 5 nitrogen and oxygen atoms in total. The third kappa shape index (κ3) is 3.84. The summed E-state index contributed by atoms with van der Waals surface area (Å²) in [6, 6.07) is 4.00. The number of anilines is 1. The van der Waals surface area contributed by atoms with Crippen LogP contribution in [0.1, 0.15) is 34.2 Å². The molecule has 112 valence electrons. The summed E-state index contributed by atoms with van der Waals surface area (Å²) >= 11 is 0. The summed E-state index contributed by atoms with van der Waals surface area (Å²) in [5.41, 5.74) is 3.81. The molecule has 0 saturated carbocycles. The third-order valence-corrected chi connectivity index (χ3v) is 3.37. The van der Waals surface area contributed by atoms with Gasteiger partial charge in [0.05, 0.1) is 0 Å². The molecule has 0 atom stereocenters. The second-order valence-electron chi connectivity index (χ2n) is 5.06. The minimum absolute atomic E-state index is 0.0399. The molecule has 1 heterocycles. The summed E-state index contributed by atoms with van der Waals surface area (Å²) in [5.74, 6) is 0.839. The van der Waals surface area contributed by atoms with Gasteiger partial charge in [-0.25, -0.2) is 4.98 Å². The van der Waals surface area contributed by atoms with Crippen molar-refractivity contribution in [1.82, 2.24) is 15.3 Å². The molecule has 0 fully saturated rings. The highest BCUT2D eigenvalue weighted by atomic mass is 16.1. The van der Waals surface area contributed by atoms with E-state index < -0.39 is 0 Å². The predicted octanol–water partition coefficient (Wildman–Crippen LogP) is 2.43. The van der Waals surface area contributed by atoms with Crippen molar-refractivity contribution in [1.29, 1.82) is 0 Å². The molecule has 1 amide bonds. The molecule has 2 aromatic rings. The third-order valence-electron chi connectivity index (χ3n) is 3.37. The topological polar surface area (TPSA) is 69.8 Å². The molecule has 2 rings (SSSR count). The van der Waals surface area contributed by atoms with Crippen molar-refractivity contribution < 1.29 is 4.79 Å². The number of carbonyl (C=O) groups excluding carboxylic acids is 1. The normalized spacial score (nSPS) is 10.4. The van der Waals surface area contributed by atoms with E-state index in [2.05, 4.69) is 26.7 Å².